The molecule has 35 heavy (non-hydrogen) atoms. The van der Waals surface area contributed by atoms with E-state index in [4.69, 9.17) is 0 Å². The third kappa shape index (κ3) is 3.31. The molecular formula is C27H30N4O4. The van der Waals surface area contributed by atoms with Gasteiger partial charge in [0.15, 0.2) is 0 Å². The topological polar surface area (TPSA) is 90.0 Å². The summed E-state index contributed by atoms with van der Waals surface area (Å²) in [5.41, 5.74) is 0.746. The molecule has 2 aromatic carbocycles. The number of hydrogen-bond donors (Lipinski definition) is 1. The molecule has 5 rings (SSSR count). The van der Waals surface area contributed by atoms with Gasteiger partial charge in [0, 0.05) is 30.4 Å². The maximum atomic E-state index is 14.1. The molecule has 4 amide bonds. The Kier molecular flexibility index (Phi) is 5.71. The van der Waals surface area contributed by atoms with Gasteiger partial charge in [-0.25, -0.2) is 0 Å². The van der Waals surface area contributed by atoms with Gasteiger partial charge in [-0.05, 0) is 32.4 Å². The van der Waals surface area contributed by atoms with Crippen molar-refractivity contribution in [1.29, 1.82) is 0 Å². The number of fused-ring (bicyclic) bond motifs is 4. The third-order valence-corrected chi connectivity index (χ3v) is 7.70. The summed E-state index contributed by atoms with van der Waals surface area (Å²) in [5, 5.41) is 3.36. The number of rotatable bonds is 6. The van der Waals surface area contributed by atoms with E-state index >= 15 is 0 Å². The maximum absolute atomic E-state index is 14.1. The van der Waals surface area contributed by atoms with Crippen LogP contribution >= 0.6 is 0 Å². The zero-order valence-corrected chi connectivity index (χ0v) is 20.2. The molecule has 8 heteroatoms. The fourth-order valence-electron chi connectivity index (χ4n) is 6.06. The highest BCUT2D eigenvalue weighted by molar-refractivity contribution is 6.17. The summed E-state index contributed by atoms with van der Waals surface area (Å²) >= 11 is 0. The predicted molar refractivity (Wildman–Crippen MR) is 130 cm³/mol. The zero-order chi connectivity index (χ0) is 24.9. The maximum Gasteiger partial charge on any atom is 0.253 e. The molecule has 3 heterocycles. The van der Waals surface area contributed by atoms with Crippen molar-refractivity contribution in [3.63, 3.8) is 0 Å². The van der Waals surface area contributed by atoms with E-state index in [0.29, 0.717) is 24.3 Å². The molecule has 1 spiro atoms. The number of para-hydroxylation sites is 1. The van der Waals surface area contributed by atoms with E-state index in [0.717, 1.165) is 5.56 Å². The van der Waals surface area contributed by atoms with Crippen LogP contribution in [0.15, 0.2) is 54.6 Å². The fourth-order valence-corrected chi connectivity index (χ4v) is 6.06. The SMILES string of the molecule is CCN(CC)C(=O)CN1C(=O)[C@@]2(N[C@@H](C)[C@H]3C(=O)N(Cc4ccccc4)C(=O)[C@H]32)c2ccccc21. The Morgan fingerprint density at radius 1 is 0.943 bits per heavy atom. The van der Waals surface area contributed by atoms with Crippen LogP contribution in [0.4, 0.5) is 5.69 Å². The second kappa shape index (κ2) is 8.61. The van der Waals surface area contributed by atoms with E-state index in [1.165, 1.54) is 9.80 Å². The van der Waals surface area contributed by atoms with Gasteiger partial charge in [-0.2, -0.15) is 0 Å². The molecule has 4 atom stereocenters. The Balaban J connectivity index is 1.54. The summed E-state index contributed by atoms with van der Waals surface area (Å²) in [7, 11) is 0. The number of nitrogens with zero attached hydrogens (tertiary/aromatic N) is 3. The lowest BCUT2D eigenvalue weighted by atomic mass is 9.76. The zero-order valence-electron chi connectivity index (χ0n) is 20.2. The smallest absolute Gasteiger partial charge is 0.253 e. The van der Waals surface area contributed by atoms with Gasteiger partial charge >= 0.3 is 0 Å². The molecule has 0 radical (unpaired) electrons. The van der Waals surface area contributed by atoms with Crippen LogP contribution in [0.2, 0.25) is 0 Å². The van der Waals surface area contributed by atoms with Crippen molar-refractivity contribution in [1.82, 2.24) is 15.1 Å². The fraction of sp³-hybridized carbons (Fsp3) is 0.407. The summed E-state index contributed by atoms with van der Waals surface area (Å²) < 4.78 is 0. The third-order valence-electron chi connectivity index (χ3n) is 7.70. The van der Waals surface area contributed by atoms with E-state index in [2.05, 4.69) is 5.32 Å². The minimum atomic E-state index is -1.37. The van der Waals surface area contributed by atoms with Crippen LogP contribution in [0.25, 0.3) is 0 Å². The molecule has 0 unspecified atom stereocenters. The second-order valence-electron chi connectivity index (χ2n) is 9.47. The molecule has 2 saturated heterocycles. The first-order valence-corrected chi connectivity index (χ1v) is 12.2. The predicted octanol–water partition coefficient (Wildman–Crippen LogP) is 1.89. The number of carbonyl (C=O) groups excluding carboxylic acids is 4. The standard InChI is InChI=1S/C27H30N4O4/c1-4-29(5-2)21(32)16-30-20-14-10-9-13-19(20)27(26(30)35)23-22(17(3)28-27)24(33)31(25(23)34)15-18-11-7-6-8-12-18/h6-14,17,22-23,28H,4-5,15-16H2,1-3H3/t17-,22+,23-,27+/m0/s1. The van der Waals surface area contributed by atoms with Crippen molar-refractivity contribution in [2.75, 3.05) is 24.5 Å². The highest BCUT2D eigenvalue weighted by atomic mass is 16.2. The average molecular weight is 475 g/mol. The van der Waals surface area contributed by atoms with Gasteiger partial charge in [0.1, 0.15) is 12.1 Å². The average Bonchev–Trinajstić information content (AvgIpc) is 3.40. The Morgan fingerprint density at radius 2 is 1.60 bits per heavy atom. The molecule has 0 saturated carbocycles. The molecule has 1 N–H and O–H groups in total. The first-order valence-electron chi connectivity index (χ1n) is 12.2. The van der Waals surface area contributed by atoms with Crippen LogP contribution < -0.4 is 10.2 Å². The quantitative estimate of drug-likeness (QED) is 0.646. The molecule has 2 fully saturated rings. The second-order valence-corrected chi connectivity index (χ2v) is 9.47. The largest absolute Gasteiger partial charge is 0.342 e. The van der Waals surface area contributed by atoms with Crippen molar-refractivity contribution in [2.45, 2.75) is 38.9 Å². The Morgan fingerprint density at radius 3 is 2.29 bits per heavy atom. The van der Waals surface area contributed by atoms with Crippen LogP contribution in [-0.2, 0) is 31.3 Å². The summed E-state index contributed by atoms with van der Waals surface area (Å²) in [4.78, 5) is 58.9. The van der Waals surface area contributed by atoms with Crippen molar-refractivity contribution in [2.24, 2.45) is 11.8 Å². The normalized spacial score (nSPS) is 27.1. The first kappa shape index (κ1) is 23.2. The molecule has 0 aromatic heterocycles. The van der Waals surface area contributed by atoms with Gasteiger partial charge in [-0.3, -0.25) is 29.4 Å². The summed E-state index contributed by atoms with van der Waals surface area (Å²) in [6.45, 7) is 6.81. The van der Waals surface area contributed by atoms with Gasteiger partial charge in [0.05, 0.1) is 18.4 Å². The Hall–Kier alpha value is -3.52. The number of likely N-dealkylation sites (tertiary alicyclic amines) is 1. The molecule has 0 bridgehead atoms. The number of anilines is 1. The van der Waals surface area contributed by atoms with Gasteiger partial charge in [-0.1, -0.05) is 48.5 Å². The van der Waals surface area contributed by atoms with Crippen molar-refractivity contribution < 1.29 is 19.2 Å². The van der Waals surface area contributed by atoms with E-state index in [1.54, 1.807) is 11.0 Å². The number of benzene rings is 2. The number of imide groups is 1. The van der Waals surface area contributed by atoms with Crippen LogP contribution in [-0.4, -0.2) is 59.1 Å². The number of carbonyl (C=O) groups is 4. The molecular weight excluding hydrogens is 444 g/mol. The highest BCUT2D eigenvalue weighted by Crippen LogP contribution is 2.54. The van der Waals surface area contributed by atoms with Gasteiger partial charge < -0.3 is 9.80 Å². The number of likely N-dealkylation sites (N-methyl/N-ethyl adjacent to an activating group) is 1. The minimum absolute atomic E-state index is 0.109. The van der Waals surface area contributed by atoms with E-state index in [9.17, 15) is 19.2 Å². The van der Waals surface area contributed by atoms with Crippen molar-refractivity contribution in [3.05, 3.63) is 65.7 Å². The van der Waals surface area contributed by atoms with Crippen LogP contribution in [0.5, 0.6) is 0 Å². The van der Waals surface area contributed by atoms with Crippen molar-refractivity contribution >= 4 is 29.3 Å². The Bertz CT molecular complexity index is 1190. The minimum Gasteiger partial charge on any atom is -0.342 e. The molecule has 3 aliphatic heterocycles. The summed E-state index contributed by atoms with van der Waals surface area (Å²) in [6, 6.07) is 16.3. The van der Waals surface area contributed by atoms with E-state index < -0.39 is 17.4 Å². The molecule has 3 aliphatic rings. The number of nitrogens with one attached hydrogen (secondary N) is 1. The molecule has 8 nitrogen and oxygen atoms in total. The lowest BCUT2D eigenvalue weighted by molar-refractivity contribution is -0.143. The van der Waals surface area contributed by atoms with Crippen LogP contribution in [0.3, 0.4) is 0 Å². The molecule has 0 aliphatic carbocycles. The number of hydrogen-bond acceptors (Lipinski definition) is 5. The van der Waals surface area contributed by atoms with Crippen LogP contribution in [0.1, 0.15) is 31.9 Å². The summed E-state index contributed by atoms with van der Waals surface area (Å²) in [5.74, 6) is -2.62. The van der Waals surface area contributed by atoms with E-state index in [1.807, 2.05) is 69.3 Å². The van der Waals surface area contributed by atoms with Crippen LogP contribution in [0, 0.1) is 11.8 Å². The first-order chi connectivity index (χ1) is 16.8. The van der Waals surface area contributed by atoms with Crippen molar-refractivity contribution in [3.8, 4) is 0 Å². The lowest BCUT2D eigenvalue weighted by Gasteiger charge is -2.30. The number of amides is 4. The van der Waals surface area contributed by atoms with Gasteiger partial charge in [0.25, 0.3) is 5.91 Å². The highest BCUT2D eigenvalue weighted by Gasteiger charge is 2.70. The molecule has 2 aromatic rings. The Labute approximate surface area is 204 Å². The van der Waals surface area contributed by atoms with Gasteiger partial charge in [-0.15, -0.1) is 0 Å². The van der Waals surface area contributed by atoms with Gasteiger partial charge in [0.2, 0.25) is 17.7 Å². The monoisotopic (exact) mass is 474 g/mol. The molecule has 182 valence electrons. The summed E-state index contributed by atoms with van der Waals surface area (Å²) in [6.07, 6.45) is 0. The van der Waals surface area contributed by atoms with E-state index in [-0.39, 0.29) is 42.8 Å². The lowest BCUT2D eigenvalue weighted by Crippen LogP contribution is -2.55.